The summed E-state index contributed by atoms with van der Waals surface area (Å²) in [4.78, 5) is 14.5. The molecule has 0 unspecified atom stereocenters. The van der Waals surface area contributed by atoms with Gasteiger partial charge in [0.1, 0.15) is 0 Å². The molecular weight excluding hydrogens is 618 g/mol. The molecule has 0 bridgehead atoms. The molecule has 1 saturated heterocycles. The maximum absolute atomic E-state index is 4.69. The van der Waals surface area contributed by atoms with E-state index in [0.29, 0.717) is 0 Å². The summed E-state index contributed by atoms with van der Waals surface area (Å²) in [7, 11) is 0. The van der Waals surface area contributed by atoms with Crippen molar-refractivity contribution in [1.82, 2.24) is 19.8 Å². The lowest BCUT2D eigenvalue weighted by Gasteiger charge is -2.34. The number of nitrogens with zero attached hydrogens (tertiary/aromatic N) is 4. The van der Waals surface area contributed by atoms with E-state index in [2.05, 4.69) is 119 Å². The van der Waals surface area contributed by atoms with Gasteiger partial charge in [0.05, 0.1) is 11.4 Å². The molecule has 43 heavy (non-hydrogen) atoms. The first kappa shape index (κ1) is 36.5. The molecule has 1 fully saturated rings. The van der Waals surface area contributed by atoms with Crippen LogP contribution in [0.2, 0.25) is 0 Å². The van der Waals surface area contributed by atoms with E-state index >= 15 is 0 Å². The Morgan fingerprint density at radius 2 is 1.02 bits per heavy atom. The Morgan fingerprint density at radius 1 is 0.535 bits per heavy atom. The minimum absolute atomic E-state index is 0. The summed E-state index contributed by atoms with van der Waals surface area (Å²) in [6.45, 7) is 12.8. The summed E-state index contributed by atoms with van der Waals surface area (Å²) in [5.41, 5.74) is 11.2. The molecule has 0 amide bonds. The predicted octanol–water partition coefficient (Wildman–Crippen LogP) is 8.89. The lowest BCUT2D eigenvalue weighted by molar-refractivity contribution is 0.122. The third-order valence-electron chi connectivity index (χ3n) is 8.19. The molecule has 0 saturated carbocycles. The maximum atomic E-state index is 4.69. The van der Waals surface area contributed by atoms with Crippen LogP contribution in [0.25, 0.3) is 33.3 Å². The van der Waals surface area contributed by atoms with Crippen molar-refractivity contribution in [3.63, 3.8) is 0 Å². The number of piperazine rings is 1. The van der Waals surface area contributed by atoms with Crippen molar-refractivity contribution in [1.29, 1.82) is 0 Å². The molecule has 4 nitrogen and oxygen atoms in total. The molecular formula is C35H40Cl4N4. The van der Waals surface area contributed by atoms with Gasteiger partial charge in [0.2, 0.25) is 0 Å². The molecule has 5 aromatic rings. The van der Waals surface area contributed by atoms with Gasteiger partial charge in [0.25, 0.3) is 0 Å². The molecule has 1 aliphatic heterocycles. The highest BCUT2D eigenvalue weighted by Crippen LogP contribution is 2.26. The van der Waals surface area contributed by atoms with Crippen molar-refractivity contribution in [2.75, 3.05) is 26.2 Å². The monoisotopic (exact) mass is 656 g/mol. The predicted molar refractivity (Wildman–Crippen MR) is 191 cm³/mol. The number of pyridine rings is 2. The Labute approximate surface area is 280 Å². The summed E-state index contributed by atoms with van der Waals surface area (Å²) in [6.07, 6.45) is 3.91. The topological polar surface area (TPSA) is 32.3 Å². The minimum Gasteiger partial charge on any atom is -0.297 e. The summed E-state index contributed by atoms with van der Waals surface area (Å²) in [5.74, 6) is 0. The zero-order valence-corrected chi connectivity index (χ0v) is 28.1. The normalized spacial score (nSPS) is 13.3. The van der Waals surface area contributed by atoms with Crippen LogP contribution in [0.5, 0.6) is 0 Å². The Bertz CT molecular complexity index is 1610. The van der Waals surface area contributed by atoms with E-state index in [1.807, 2.05) is 12.4 Å². The van der Waals surface area contributed by atoms with Gasteiger partial charge in [-0.15, -0.1) is 49.6 Å². The van der Waals surface area contributed by atoms with Gasteiger partial charge >= 0.3 is 0 Å². The van der Waals surface area contributed by atoms with Crippen LogP contribution >= 0.6 is 49.6 Å². The zero-order chi connectivity index (χ0) is 26.8. The highest BCUT2D eigenvalue weighted by molar-refractivity contribution is 5.87. The van der Waals surface area contributed by atoms with Gasteiger partial charge in [-0.3, -0.25) is 19.8 Å². The van der Waals surface area contributed by atoms with Gasteiger partial charge in [-0.2, -0.15) is 0 Å². The molecule has 6 rings (SSSR count). The summed E-state index contributed by atoms with van der Waals surface area (Å²) >= 11 is 0. The fourth-order valence-electron chi connectivity index (χ4n) is 5.62. The van der Waals surface area contributed by atoms with E-state index in [0.717, 1.165) is 50.7 Å². The second-order valence-electron chi connectivity index (χ2n) is 10.9. The second kappa shape index (κ2) is 16.4. The quantitative estimate of drug-likeness (QED) is 0.183. The molecule has 0 atom stereocenters. The lowest BCUT2D eigenvalue weighted by atomic mass is 9.98. The van der Waals surface area contributed by atoms with Crippen LogP contribution in [0.1, 0.15) is 27.8 Å². The van der Waals surface area contributed by atoms with Crippen molar-refractivity contribution in [2.45, 2.75) is 33.9 Å². The number of hydrogen-bond donors (Lipinski definition) is 0. The molecule has 3 heterocycles. The fourth-order valence-corrected chi connectivity index (χ4v) is 5.62. The van der Waals surface area contributed by atoms with E-state index in [1.54, 1.807) is 0 Å². The van der Waals surface area contributed by atoms with Crippen LogP contribution in [0.4, 0.5) is 0 Å². The highest BCUT2D eigenvalue weighted by atomic mass is 35.5. The standard InChI is InChI=1S/C35H36N4.4ClH/c1-25-18-33(19-26(2)27(25)3)35-21-29(11-13-37-35)24-39-16-14-38(15-17-39)23-28-10-12-36-34(20-28)32-9-8-30-6-4-5-7-31(30)22-32;;;;/h4-13,18-22H,14-17,23-24H2,1-3H3;4*1H. The Hall–Kier alpha value is -2.70. The molecule has 0 radical (unpaired) electrons. The third kappa shape index (κ3) is 8.69. The summed E-state index contributed by atoms with van der Waals surface area (Å²) in [5, 5.41) is 2.52. The van der Waals surface area contributed by atoms with Crippen molar-refractivity contribution < 1.29 is 0 Å². The van der Waals surface area contributed by atoms with Gasteiger partial charge in [-0.25, -0.2) is 0 Å². The van der Waals surface area contributed by atoms with Crippen molar-refractivity contribution >= 4 is 60.4 Å². The van der Waals surface area contributed by atoms with E-state index in [4.69, 9.17) is 0 Å². The van der Waals surface area contributed by atoms with Crippen molar-refractivity contribution in [2.24, 2.45) is 0 Å². The van der Waals surface area contributed by atoms with Crippen LogP contribution in [0.3, 0.4) is 0 Å². The molecule has 1 aliphatic rings. The minimum atomic E-state index is 0. The Balaban J connectivity index is 0.00000161. The lowest BCUT2D eigenvalue weighted by Crippen LogP contribution is -2.45. The number of hydrogen-bond acceptors (Lipinski definition) is 4. The molecule has 0 aliphatic carbocycles. The van der Waals surface area contributed by atoms with Gasteiger partial charge in [0, 0.05) is 62.8 Å². The largest absolute Gasteiger partial charge is 0.297 e. The van der Waals surface area contributed by atoms with E-state index in [-0.39, 0.29) is 49.6 Å². The number of benzene rings is 3. The first-order valence-electron chi connectivity index (χ1n) is 13.9. The van der Waals surface area contributed by atoms with Gasteiger partial charge in [-0.1, -0.05) is 36.4 Å². The zero-order valence-electron chi connectivity index (χ0n) is 24.8. The Morgan fingerprint density at radius 3 is 1.56 bits per heavy atom. The van der Waals surface area contributed by atoms with E-state index in [9.17, 15) is 0 Å². The van der Waals surface area contributed by atoms with Crippen LogP contribution in [0.15, 0.2) is 91.3 Å². The van der Waals surface area contributed by atoms with Crippen LogP contribution in [-0.2, 0) is 13.1 Å². The average molecular weight is 659 g/mol. The van der Waals surface area contributed by atoms with Crippen molar-refractivity contribution in [3.8, 4) is 22.5 Å². The fraction of sp³-hybridized carbons (Fsp3) is 0.257. The van der Waals surface area contributed by atoms with E-state index < -0.39 is 0 Å². The average Bonchev–Trinajstić information content (AvgIpc) is 2.97. The second-order valence-corrected chi connectivity index (χ2v) is 10.9. The van der Waals surface area contributed by atoms with Crippen molar-refractivity contribution in [3.05, 3.63) is 119 Å². The maximum Gasteiger partial charge on any atom is 0.0705 e. The third-order valence-corrected chi connectivity index (χ3v) is 8.19. The number of aromatic nitrogens is 2. The molecule has 228 valence electrons. The summed E-state index contributed by atoms with van der Waals surface area (Å²) in [6, 6.07) is 28.5. The molecule has 0 N–H and O–H groups in total. The smallest absolute Gasteiger partial charge is 0.0705 e. The number of rotatable bonds is 6. The Kier molecular flexibility index (Phi) is 13.9. The number of aryl methyl sites for hydroxylation is 2. The molecule has 2 aromatic heterocycles. The molecule has 3 aromatic carbocycles. The van der Waals surface area contributed by atoms with Gasteiger partial charge in [-0.05, 0) is 102 Å². The van der Waals surface area contributed by atoms with Crippen LogP contribution in [0, 0.1) is 20.8 Å². The van der Waals surface area contributed by atoms with E-state index in [1.165, 1.54) is 49.7 Å². The highest BCUT2D eigenvalue weighted by Gasteiger charge is 2.18. The van der Waals surface area contributed by atoms with Crippen LogP contribution in [-0.4, -0.2) is 45.9 Å². The molecule has 0 spiro atoms. The van der Waals surface area contributed by atoms with Gasteiger partial charge in [0.15, 0.2) is 0 Å². The first-order chi connectivity index (χ1) is 19.0. The SMILES string of the molecule is Cc1cc(-c2cc(CN3CCN(Cc4ccnc(-c5ccc6ccccc6c5)c4)CC3)ccn2)cc(C)c1C.Cl.Cl.Cl.Cl. The summed E-state index contributed by atoms with van der Waals surface area (Å²) < 4.78 is 0. The van der Waals surface area contributed by atoms with Crippen LogP contribution < -0.4 is 0 Å². The first-order valence-corrected chi connectivity index (χ1v) is 13.9. The number of fused-ring (bicyclic) bond motifs is 1. The number of halogens is 4. The molecule has 8 heteroatoms. The van der Waals surface area contributed by atoms with Gasteiger partial charge < -0.3 is 0 Å².